The molecule has 0 aromatic carbocycles. The number of piperazine rings is 1. The average molecular weight is 360 g/mol. The summed E-state index contributed by atoms with van der Waals surface area (Å²) in [6.45, 7) is 6.10. The summed E-state index contributed by atoms with van der Waals surface area (Å²) in [6.07, 6.45) is 5.02. The van der Waals surface area contributed by atoms with Crippen LogP contribution in [0.2, 0.25) is 0 Å². The summed E-state index contributed by atoms with van der Waals surface area (Å²) < 4.78 is 5.19. The minimum absolute atomic E-state index is 0.0643. The van der Waals surface area contributed by atoms with Crippen molar-refractivity contribution in [3.63, 3.8) is 0 Å². The van der Waals surface area contributed by atoms with Crippen LogP contribution in [-0.4, -0.2) is 83.9 Å². The summed E-state index contributed by atoms with van der Waals surface area (Å²) in [7, 11) is 1.52. The first-order valence-corrected chi connectivity index (χ1v) is 9.40. The fraction of sp³-hybridized carbons (Fsp3) is 0.632. The van der Waals surface area contributed by atoms with Crippen molar-refractivity contribution >= 4 is 11.8 Å². The van der Waals surface area contributed by atoms with Gasteiger partial charge >= 0.3 is 0 Å². The number of carbonyl (C=O) groups excluding carboxylic acids is 2. The number of ether oxygens (including phenoxy) is 1. The Hall–Kier alpha value is -2.15. The van der Waals surface area contributed by atoms with E-state index < -0.39 is 0 Å². The maximum atomic E-state index is 12.7. The third-order valence-corrected chi connectivity index (χ3v) is 5.34. The van der Waals surface area contributed by atoms with E-state index in [4.69, 9.17) is 4.74 Å². The molecule has 2 aliphatic rings. The van der Waals surface area contributed by atoms with Crippen LogP contribution in [0.1, 0.15) is 36.5 Å². The molecule has 0 spiro atoms. The molecule has 3 rings (SSSR count). The Morgan fingerprint density at radius 3 is 2.65 bits per heavy atom. The van der Waals surface area contributed by atoms with E-state index in [1.807, 2.05) is 9.80 Å². The molecule has 3 heterocycles. The molecule has 2 saturated heterocycles. The molecule has 0 radical (unpaired) electrons. The van der Waals surface area contributed by atoms with E-state index in [1.165, 1.54) is 13.5 Å². The molecule has 0 saturated carbocycles. The quantitative estimate of drug-likeness (QED) is 0.808. The van der Waals surface area contributed by atoms with Crippen molar-refractivity contribution in [1.82, 2.24) is 19.7 Å². The number of likely N-dealkylation sites (tertiary alicyclic amines) is 1. The molecule has 2 amide bonds. The van der Waals surface area contributed by atoms with E-state index in [9.17, 15) is 9.59 Å². The first-order valence-electron chi connectivity index (χ1n) is 9.40. The van der Waals surface area contributed by atoms with Gasteiger partial charge in [0.1, 0.15) is 5.56 Å². The second kappa shape index (κ2) is 8.49. The normalized spacial score (nSPS) is 21.5. The summed E-state index contributed by atoms with van der Waals surface area (Å²) in [5, 5.41) is 0. The van der Waals surface area contributed by atoms with Crippen LogP contribution in [0, 0.1) is 0 Å². The Morgan fingerprint density at radius 2 is 1.96 bits per heavy atom. The highest BCUT2D eigenvalue weighted by molar-refractivity contribution is 5.96. The number of methoxy groups -OCH3 is 1. The number of hydrogen-bond acceptors (Lipinski definition) is 5. The molecule has 7 heteroatoms. The van der Waals surface area contributed by atoms with Gasteiger partial charge in [-0.25, -0.2) is 4.98 Å². The van der Waals surface area contributed by atoms with E-state index in [0.717, 1.165) is 19.4 Å². The maximum absolute atomic E-state index is 12.7. The Morgan fingerprint density at radius 1 is 1.19 bits per heavy atom. The van der Waals surface area contributed by atoms with Gasteiger partial charge < -0.3 is 14.5 Å². The molecule has 0 unspecified atom stereocenters. The average Bonchev–Trinajstić information content (AvgIpc) is 2.68. The molecule has 142 valence electrons. The summed E-state index contributed by atoms with van der Waals surface area (Å²) >= 11 is 0. The lowest BCUT2D eigenvalue weighted by Crippen LogP contribution is -2.53. The molecule has 26 heavy (non-hydrogen) atoms. The topological polar surface area (TPSA) is 66.0 Å². The highest BCUT2D eigenvalue weighted by Crippen LogP contribution is 2.19. The van der Waals surface area contributed by atoms with Gasteiger partial charge in [-0.3, -0.25) is 14.5 Å². The molecule has 1 aromatic rings. The Balaban J connectivity index is 1.52. The zero-order valence-electron chi connectivity index (χ0n) is 15.7. The molecular weight excluding hydrogens is 332 g/mol. The first-order chi connectivity index (χ1) is 12.6. The van der Waals surface area contributed by atoms with Gasteiger partial charge in [0.2, 0.25) is 11.8 Å². The zero-order chi connectivity index (χ0) is 18.5. The monoisotopic (exact) mass is 360 g/mol. The van der Waals surface area contributed by atoms with E-state index >= 15 is 0 Å². The summed E-state index contributed by atoms with van der Waals surface area (Å²) in [4.78, 5) is 35.4. The SMILES string of the molecule is COc1ncccc1C(=O)N1CCN(CC(=O)N2CCCC[C@H]2C)CC1. The number of piperidine rings is 1. The molecule has 2 fully saturated rings. The van der Waals surface area contributed by atoms with Crippen molar-refractivity contribution in [1.29, 1.82) is 0 Å². The van der Waals surface area contributed by atoms with E-state index in [0.29, 0.717) is 50.2 Å². The molecule has 1 aromatic heterocycles. The molecule has 2 aliphatic heterocycles. The lowest BCUT2D eigenvalue weighted by atomic mass is 10.0. The number of nitrogens with zero attached hydrogens (tertiary/aromatic N) is 4. The van der Waals surface area contributed by atoms with Gasteiger partial charge in [0.15, 0.2) is 0 Å². The number of carbonyl (C=O) groups is 2. The second-order valence-corrected chi connectivity index (χ2v) is 7.06. The van der Waals surface area contributed by atoms with E-state index in [1.54, 1.807) is 18.3 Å². The largest absolute Gasteiger partial charge is 0.480 e. The van der Waals surface area contributed by atoms with Crippen LogP contribution in [0.5, 0.6) is 5.88 Å². The van der Waals surface area contributed by atoms with Crippen molar-refractivity contribution in [3.05, 3.63) is 23.9 Å². The minimum Gasteiger partial charge on any atom is -0.480 e. The van der Waals surface area contributed by atoms with Crippen LogP contribution in [0.4, 0.5) is 0 Å². The van der Waals surface area contributed by atoms with Gasteiger partial charge in [-0.2, -0.15) is 0 Å². The highest BCUT2D eigenvalue weighted by Gasteiger charge is 2.28. The number of rotatable bonds is 4. The van der Waals surface area contributed by atoms with Crippen LogP contribution in [-0.2, 0) is 4.79 Å². The van der Waals surface area contributed by atoms with Crippen LogP contribution >= 0.6 is 0 Å². The number of hydrogen-bond donors (Lipinski definition) is 0. The van der Waals surface area contributed by atoms with Gasteiger partial charge in [0, 0.05) is 45.0 Å². The number of amides is 2. The lowest BCUT2D eigenvalue weighted by molar-refractivity contribution is -0.136. The fourth-order valence-electron chi connectivity index (χ4n) is 3.75. The van der Waals surface area contributed by atoms with Crippen molar-refractivity contribution < 1.29 is 14.3 Å². The van der Waals surface area contributed by atoms with Crippen LogP contribution in [0.25, 0.3) is 0 Å². The van der Waals surface area contributed by atoms with Crippen molar-refractivity contribution in [3.8, 4) is 5.88 Å². The van der Waals surface area contributed by atoms with Crippen molar-refractivity contribution in [2.24, 2.45) is 0 Å². The van der Waals surface area contributed by atoms with Gasteiger partial charge in [0.25, 0.3) is 5.91 Å². The lowest BCUT2D eigenvalue weighted by Gasteiger charge is -2.38. The van der Waals surface area contributed by atoms with Crippen molar-refractivity contribution in [2.75, 3.05) is 46.4 Å². The smallest absolute Gasteiger partial charge is 0.259 e. The van der Waals surface area contributed by atoms with Crippen LogP contribution < -0.4 is 4.74 Å². The Bertz CT molecular complexity index is 643. The van der Waals surface area contributed by atoms with Crippen molar-refractivity contribution in [2.45, 2.75) is 32.2 Å². The molecular formula is C19H28N4O3. The predicted molar refractivity (Wildman–Crippen MR) is 98.2 cm³/mol. The zero-order valence-corrected chi connectivity index (χ0v) is 15.7. The standard InChI is InChI=1S/C19H28N4O3/c1-15-6-3-4-9-23(15)17(24)14-21-10-12-22(13-11-21)19(25)16-7-5-8-20-18(16)26-2/h5,7-8,15H,3-4,6,9-14H2,1-2H3/t15-/m1/s1. The number of pyridine rings is 1. The first kappa shape index (κ1) is 18.6. The maximum Gasteiger partial charge on any atom is 0.259 e. The second-order valence-electron chi connectivity index (χ2n) is 7.06. The van der Waals surface area contributed by atoms with Gasteiger partial charge in [-0.15, -0.1) is 0 Å². The molecule has 7 nitrogen and oxygen atoms in total. The van der Waals surface area contributed by atoms with Gasteiger partial charge in [0.05, 0.1) is 13.7 Å². The van der Waals surface area contributed by atoms with E-state index in [-0.39, 0.29) is 11.8 Å². The minimum atomic E-state index is -0.0643. The molecule has 1 atom stereocenters. The molecule has 0 bridgehead atoms. The highest BCUT2D eigenvalue weighted by atomic mass is 16.5. The summed E-state index contributed by atoms with van der Waals surface area (Å²) in [5.74, 6) is 0.505. The molecule has 0 N–H and O–H groups in total. The van der Waals surface area contributed by atoms with Crippen LogP contribution in [0.15, 0.2) is 18.3 Å². The number of aromatic nitrogens is 1. The summed E-state index contributed by atoms with van der Waals surface area (Å²) in [6, 6.07) is 3.82. The predicted octanol–water partition coefficient (Wildman–Crippen LogP) is 1.25. The fourth-order valence-corrected chi connectivity index (χ4v) is 3.75. The molecule has 0 aliphatic carbocycles. The van der Waals surface area contributed by atoms with E-state index in [2.05, 4.69) is 16.8 Å². The van der Waals surface area contributed by atoms with Crippen LogP contribution in [0.3, 0.4) is 0 Å². The van der Waals surface area contributed by atoms with Gasteiger partial charge in [-0.1, -0.05) is 0 Å². The summed E-state index contributed by atoms with van der Waals surface area (Å²) in [5.41, 5.74) is 0.488. The third kappa shape index (κ3) is 4.15. The Kier molecular flexibility index (Phi) is 6.08. The third-order valence-electron chi connectivity index (χ3n) is 5.34. The Labute approximate surface area is 154 Å². The van der Waals surface area contributed by atoms with Gasteiger partial charge in [-0.05, 0) is 38.3 Å².